The molecule has 0 aliphatic heterocycles. The lowest BCUT2D eigenvalue weighted by Gasteiger charge is -2.63. The third kappa shape index (κ3) is 3.42. The molecular weight excluding hydrogens is 825 g/mol. The van der Waals surface area contributed by atoms with Gasteiger partial charge < -0.3 is 25.5 Å². The number of rotatable bonds is 0. The molecule has 32 aliphatic rings. The standard InChI is InChI=1S/C12H16.C11H18O.C10H12O2.C10H12O.C10H14.C9H10O/c1-12-4-8-6-2-5-7(11(6)12)3-9(12)10(5)8;1-6-2-3-8-9-4-7(11(6)8)5-10(9)12;11-9-5-1-2-4(5)8-7(9)3(1)6(2)10(8)12;11-10-7-3-1-2-4-5(3)9(10)8(4)6(2)7;1-4-2-5-6-3-7-9(5)10(7)8(4)6;10-9-7-3-1-2-5(7)6(2)8(9)4(1)3/h5-11H,2-4H2,1H3;6-12H,2-5H2,1H3;1-12H;2-11H,1H2;4-10H,2-3H2,1H3;1-10H. The van der Waals surface area contributed by atoms with Crippen LogP contribution in [0.15, 0.2) is 0 Å². The van der Waals surface area contributed by atoms with E-state index in [4.69, 9.17) is 0 Å². The van der Waals surface area contributed by atoms with Gasteiger partial charge >= 0.3 is 0 Å². The monoisotopic (exact) mass is 907 g/mol. The fraction of sp³-hybridized carbons (Fsp3) is 1.00. The van der Waals surface area contributed by atoms with Gasteiger partial charge in [-0.3, -0.25) is 0 Å². The van der Waals surface area contributed by atoms with E-state index in [0.29, 0.717) is 29.6 Å². The number of hydrogen-bond acceptors (Lipinski definition) is 5. The summed E-state index contributed by atoms with van der Waals surface area (Å²) in [6, 6.07) is 0. The first-order valence-electron chi connectivity index (χ1n) is 31.0. The molecule has 44 unspecified atom stereocenters. The van der Waals surface area contributed by atoms with Crippen LogP contribution in [0.3, 0.4) is 0 Å². The minimum absolute atomic E-state index is 0.0200. The first-order valence-corrected chi connectivity index (χ1v) is 31.0. The molecule has 0 radical (unpaired) electrons. The maximum atomic E-state index is 9.93. The van der Waals surface area contributed by atoms with E-state index in [9.17, 15) is 25.5 Å². The van der Waals surface area contributed by atoms with Crippen molar-refractivity contribution >= 4 is 0 Å². The molecule has 360 valence electrons. The summed E-state index contributed by atoms with van der Waals surface area (Å²) in [5, 5.41) is 49.3. The summed E-state index contributed by atoms with van der Waals surface area (Å²) in [5.41, 5.74) is 0.873. The SMILES string of the molecule is CC12CC3C4CC5C(CC1C35)C42.CC1CC2C3CC4C2C4C13.CC1CCC2C3CC(CC3O)C12.OC1C2C3C(O)C4C2C2C1C3C42.OC1C2C3C4C1C1C2C1C34.OC1C2C3CC4C2C2C1C3C42. The van der Waals surface area contributed by atoms with Gasteiger partial charge in [0, 0.05) is 0 Å². The van der Waals surface area contributed by atoms with Gasteiger partial charge in [0.25, 0.3) is 0 Å². The maximum Gasteiger partial charge on any atom is 0.0608 e. The fourth-order valence-electron chi connectivity index (χ4n) is 34.5. The van der Waals surface area contributed by atoms with Gasteiger partial charge in [0.15, 0.2) is 0 Å². The number of hydrogen-bond donors (Lipinski definition) is 5. The van der Waals surface area contributed by atoms with Crippen molar-refractivity contribution in [3.63, 3.8) is 0 Å². The van der Waals surface area contributed by atoms with Crippen molar-refractivity contribution in [1.29, 1.82) is 0 Å². The fourth-order valence-corrected chi connectivity index (χ4v) is 34.5. The highest BCUT2D eigenvalue weighted by atomic mass is 16.3. The Bertz CT molecular complexity index is 2260. The summed E-state index contributed by atoms with van der Waals surface area (Å²) < 4.78 is 0. The molecule has 0 heterocycles. The summed E-state index contributed by atoms with van der Waals surface area (Å²) in [6.07, 6.45) is 15.4. The molecule has 44 atom stereocenters. The van der Waals surface area contributed by atoms with Gasteiger partial charge in [0.05, 0.1) is 30.5 Å². The van der Waals surface area contributed by atoms with E-state index in [-0.39, 0.29) is 30.5 Å². The van der Waals surface area contributed by atoms with Gasteiger partial charge in [0.1, 0.15) is 0 Å². The molecule has 0 aromatic carbocycles. The Labute approximate surface area is 399 Å². The third-order valence-corrected chi connectivity index (χ3v) is 34.2. The summed E-state index contributed by atoms with van der Waals surface area (Å²) in [7, 11) is 0. The molecule has 32 fully saturated rings. The Kier molecular flexibility index (Phi) is 6.06. The highest BCUT2D eigenvalue weighted by Gasteiger charge is 2.94. The first kappa shape index (κ1) is 37.5. The van der Waals surface area contributed by atoms with Crippen LogP contribution in [0.5, 0.6) is 0 Å². The summed E-state index contributed by atoms with van der Waals surface area (Å²) in [6.45, 7) is 7.54. The van der Waals surface area contributed by atoms with Crippen molar-refractivity contribution in [3.05, 3.63) is 0 Å². The molecule has 5 N–H and O–H groups in total. The van der Waals surface area contributed by atoms with Gasteiger partial charge in [-0.25, -0.2) is 0 Å². The molecule has 32 saturated carbocycles. The molecule has 0 aromatic rings. The van der Waals surface area contributed by atoms with Crippen LogP contribution in [0.4, 0.5) is 0 Å². The second-order valence-electron chi connectivity index (χ2n) is 33.2. The zero-order valence-electron chi connectivity index (χ0n) is 40.5. The Balaban J connectivity index is 0.0000000604. The molecule has 24 bridgehead atoms. The maximum absolute atomic E-state index is 9.93. The quantitative estimate of drug-likeness (QED) is 0.173. The normalized spacial score (nSPS) is 84.2. The lowest BCUT2D eigenvalue weighted by Crippen LogP contribution is -2.61. The number of aliphatic hydroxyl groups excluding tert-OH is 5. The molecule has 32 rings (SSSR count). The Morgan fingerprint density at radius 3 is 1.30 bits per heavy atom. The van der Waals surface area contributed by atoms with Gasteiger partial charge in [-0.15, -0.1) is 0 Å². The highest BCUT2D eigenvalue weighted by molar-refractivity contribution is 5.40. The Morgan fingerprint density at radius 2 is 0.746 bits per heavy atom. The molecule has 32 aliphatic carbocycles. The zero-order valence-corrected chi connectivity index (χ0v) is 40.5. The van der Waals surface area contributed by atoms with E-state index in [1.54, 1.807) is 32.1 Å². The lowest BCUT2D eigenvalue weighted by molar-refractivity contribution is -0.176. The van der Waals surface area contributed by atoms with Crippen LogP contribution >= 0.6 is 0 Å². The Morgan fingerprint density at radius 1 is 0.299 bits per heavy atom. The number of fused-ring (bicyclic) bond motifs is 5. The van der Waals surface area contributed by atoms with Crippen molar-refractivity contribution in [2.75, 3.05) is 0 Å². The van der Waals surface area contributed by atoms with Crippen LogP contribution in [0.25, 0.3) is 0 Å². The van der Waals surface area contributed by atoms with Crippen molar-refractivity contribution < 1.29 is 25.5 Å². The van der Waals surface area contributed by atoms with Crippen LogP contribution in [-0.4, -0.2) is 56.1 Å². The molecule has 67 heavy (non-hydrogen) atoms. The van der Waals surface area contributed by atoms with Crippen LogP contribution in [0.2, 0.25) is 0 Å². The van der Waals surface area contributed by atoms with Gasteiger partial charge in [-0.05, 0) is 318 Å². The van der Waals surface area contributed by atoms with E-state index in [0.717, 1.165) is 160 Å². The van der Waals surface area contributed by atoms with E-state index in [1.807, 2.05) is 0 Å². The lowest BCUT2D eigenvalue weighted by atomic mass is 9.41. The molecular formula is C62H82O5. The van der Waals surface area contributed by atoms with Crippen LogP contribution in [0.1, 0.15) is 85.0 Å². The molecule has 0 saturated heterocycles. The molecule has 5 heteroatoms. The van der Waals surface area contributed by atoms with Crippen LogP contribution in [-0.2, 0) is 0 Å². The van der Waals surface area contributed by atoms with Crippen molar-refractivity contribution in [1.82, 2.24) is 0 Å². The van der Waals surface area contributed by atoms with Gasteiger partial charge in [0.2, 0.25) is 0 Å². The van der Waals surface area contributed by atoms with E-state index < -0.39 is 0 Å². The summed E-state index contributed by atoms with van der Waals surface area (Å²) in [4.78, 5) is 0. The molecule has 5 nitrogen and oxygen atoms in total. The van der Waals surface area contributed by atoms with Gasteiger partial charge in [-0.1, -0.05) is 27.2 Å². The largest absolute Gasteiger partial charge is 0.393 e. The first-order chi connectivity index (χ1) is 32.6. The second kappa shape index (κ2) is 10.8. The average Bonchev–Trinajstić information content (AvgIpc) is 4.13. The van der Waals surface area contributed by atoms with Crippen molar-refractivity contribution in [2.24, 2.45) is 260 Å². The third-order valence-electron chi connectivity index (χ3n) is 34.2. The van der Waals surface area contributed by atoms with E-state index in [2.05, 4.69) is 20.8 Å². The second-order valence-corrected chi connectivity index (χ2v) is 33.2. The van der Waals surface area contributed by atoms with Crippen molar-refractivity contribution in [2.45, 2.75) is 115 Å². The molecule has 0 spiro atoms. The topological polar surface area (TPSA) is 101 Å². The zero-order chi connectivity index (χ0) is 43.3. The minimum Gasteiger partial charge on any atom is -0.393 e. The van der Waals surface area contributed by atoms with E-state index in [1.165, 1.54) is 103 Å². The molecule has 0 aromatic heterocycles. The molecule has 0 amide bonds. The van der Waals surface area contributed by atoms with E-state index >= 15 is 0 Å². The predicted octanol–water partition coefficient (Wildman–Crippen LogP) is 7.53. The van der Waals surface area contributed by atoms with Crippen LogP contribution in [0, 0.1) is 260 Å². The Hall–Kier alpha value is -0.200. The van der Waals surface area contributed by atoms with Gasteiger partial charge in [-0.2, -0.15) is 0 Å². The predicted molar refractivity (Wildman–Crippen MR) is 246 cm³/mol. The minimum atomic E-state index is -0.0200. The average molecular weight is 907 g/mol. The van der Waals surface area contributed by atoms with Crippen LogP contribution < -0.4 is 0 Å². The van der Waals surface area contributed by atoms with Crippen molar-refractivity contribution in [3.8, 4) is 0 Å². The summed E-state index contributed by atoms with van der Waals surface area (Å²) in [5.74, 6) is 43.2. The number of aliphatic hydroxyl groups is 5. The summed E-state index contributed by atoms with van der Waals surface area (Å²) >= 11 is 0. The highest BCUT2D eigenvalue weighted by Crippen LogP contribution is 2.95. The smallest absolute Gasteiger partial charge is 0.0608 e.